The summed E-state index contributed by atoms with van der Waals surface area (Å²) in [6.45, 7) is 13.4. The molecule has 21 heavy (non-hydrogen) atoms. The van der Waals surface area contributed by atoms with Crippen molar-refractivity contribution < 1.29 is 0 Å². The lowest BCUT2D eigenvalue weighted by molar-refractivity contribution is 0.268. The van der Waals surface area contributed by atoms with E-state index in [2.05, 4.69) is 53.9 Å². The van der Waals surface area contributed by atoms with Crippen molar-refractivity contribution in [3.05, 3.63) is 12.4 Å². The number of likely N-dealkylation sites (N-methyl/N-ethyl adjacent to an activating group) is 1. The van der Waals surface area contributed by atoms with E-state index in [0.29, 0.717) is 6.04 Å². The van der Waals surface area contributed by atoms with Gasteiger partial charge in [0.25, 0.3) is 0 Å². The molecule has 2 unspecified atom stereocenters. The van der Waals surface area contributed by atoms with Crippen molar-refractivity contribution in [2.75, 3.05) is 25.0 Å². The van der Waals surface area contributed by atoms with Gasteiger partial charge >= 0.3 is 0 Å². The van der Waals surface area contributed by atoms with Gasteiger partial charge in [-0.15, -0.1) is 0 Å². The van der Waals surface area contributed by atoms with E-state index in [9.17, 15) is 0 Å². The molecule has 1 aliphatic carbocycles. The smallest absolute Gasteiger partial charge is 0.0728 e. The van der Waals surface area contributed by atoms with Gasteiger partial charge in [0.05, 0.1) is 18.4 Å². The first-order chi connectivity index (χ1) is 10.1. The Bertz CT molecular complexity index is 401. The largest absolute Gasteiger partial charge is 0.379 e. The van der Waals surface area contributed by atoms with Gasteiger partial charge in [0.1, 0.15) is 0 Å². The Balaban J connectivity index is 1.87. The summed E-state index contributed by atoms with van der Waals surface area (Å²) in [5, 5.41) is 8.22. The van der Waals surface area contributed by atoms with Gasteiger partial charge in [0.2, 0.25) is 0 Å². The molecule has 0 bridgehead atoms. The minimum atomic E-state index is 0.596. The summed E-state index contributed by atoms with van der Waals surface area (Å²) in [6, 6.07) is 0.596. The van der Waals surface area contributed by atoms with Gasteiger partial charge in [-0.05, 0) is 37.8 Å². The highest BCUT2D eigenvalue weighted by Crippen LogP contribution is 2.31. The molecule has 4 nitrogen and oxygen atoms in total. The fourth-order valence-electron chi connectivity index (χ4n) is 3.50. The van der Waals surface area contributed by atoms with Gasteiger partial charge in [-0.2, -0.15) is 5.10 Å². The maximum atomic E-state index is 4.50. The van der Waals surface area contributed by atoms with Gasteiger partial charge in [0.15, 0.2) is 0 Å². The molecular weight excluding hydrogens is 260 g/mol. The van der Waals surface area contributed by atoms with Crippen LogP contribution >= 0.6 is 0 Å². The van der Waals surface area contributed by atoms with Gasteiger partial charge in [-0.3, -0.25) is 4.68 Å². The molecule has 2 rings (SSSR count). The van der Waals surface area contributed by atoms with E-state index in [1.807, 2.05) is 6.20 Å². The minimum Gasteiger partial charge on any atom is -0.379 e. The molecule has 120 valence electrons. The number of rotatable bonds is 7. The Labute approximate surface area is 129 Å². The van der Waals surface area contributed by atoms with Crippen molar-refractivity contribution in [3.8, 4) is 0 Å². The normalized spacial score (nSPS) is 26.2. The SMILES string of the molecule is CCN(CC)CCn1cc(NC2C(C)CCCC2C)cn1. The van der Waals surface area contributed by atoms with E-state index in [1.54, 1.807) is 0 Å². The molecule has 1 aromatic heterocycles. The number of anilines is 1. The van der Waals surface area contributed by atoms with E-state index in [-0.39, 0.29) is 0 Å². The molecular formula is C17H32N4. The monoisotopic (exact) mass is 292 g/mol. The van der Waals surface area contributed by atoms with Gasteiger partial charge in [0, 0.05) is 18.8 Å². The molecule has 4 heteroatoms. The van der Waals surface area contributed by atoms with Crippen molar-refractivity contribution in [2.45, 2.75) is 59.5 Å². The third-order valence-corrected chi connectivity index (χ3v) is 5.05. The highest BCUT2D eigenvalue weighted by molar-refractivity contribution is 5.39. The molecule has 0 aliphatic heterocycles. The lowest BCUT2D eigenvalue weighted by Gasteiger charge is -2.35. The quantitative estimate of drug-likeness (QED) is 0.835. The van der Waals surface area contributed by atoms with Crippen LogP contribution in [0.25, 0.3) is 0 Å². The summed E-state index contributed by atoms with van der Waals surface area (Å²) < 4.78 is 2.07. The predicted octanol–water partition coefficient (Wildman–Crippen LogP) is 3.46. The van der Waals surface area contributed by atoms with E-state index in [4.69, 9.17) is 0 Å². The van der Waals surface area contributed by atoms with Crippen molar-refractivity contribution in [1.29, 1.82) is 0 Å². The zero-order valence-corrected chi connectivity index (χ0v) is 14.2. The van der Waals surface area contributed by atoms with Crippen molar-refractivity contribution in [1.82, 2.24) is 14.7 Å². The van der Waals surface area contributed by atoms with Gasteiger partial charge in [-0.1, -0.05) is 34.1 Å². The summed E-state index contributed by atoms with van der Waals surface area (Å²) in [7, 11) is 0. The molecule has 1 N–H and O–H groups in total. The first-order valence-electron chi connectivity index (χ1n) is 8.65. The van der Waals surface area contributed by atoms with Crippen LogP contribution in [0.4, 0.5) is 5.69 Å². The molecule has 0 saturated heterocycles. The van der Waals surface area contributed by atoms with E-state index >= 15 is 0 Å². The summed E-state index contributed by atoms with van der Waals surface area (Å²) in [6.07, 6.45) is 8.22. The number of hydrogen-bond donors (Lipinski definition) is 1. The summed E-state index contributed by atoms with van der Waals surface area (Å²) in [4.78, 5) is 2.43. The van der Waals surface area contributed by atoms with Crippen LogP contribution in [0.3, 0.4) is 0 Å². The second kappa shape index (κ2) is 7.83. The standard InChI is InChI=1S/C17H32N4/c1-5-20(6-2)10-11-21-13-16(12-18-21)19-17-14(3)8-7-9-15(17)4/h12-15,17,19H,5-11H2,1-4H3. The topological polar surface area (TPSA) is 33.1 Å². The van der Waals surface area contributed by atoms with Crippen LogP contribution in [0.1, 0.15) is 47.0 Å². The van der Waals surface area contributed by atoms with Crippen LogP contribution in [0.2, 0.25) is 0 Å². The van der Waals surface area contributed by atoms with E-state index in [1.165, 1.54) is 24.9 Å². The summed E-state index contributed by atoms with van der Waals surface area (Å²) in [5.41, 5.74) is 1.18. The predicted molar refractivity (Wildman–Crippen MR) is 89.6 cm³/mol. The molecule has 0 aromatic carbocycles. The Morgan fingerprint density at radius 1 is 1.24 bits per heavy atom. The fraction of sp³-hybridized carbons (Fsp3) is 0.824. The lowest BCUT2D eigenvalue weighted by Crippen LogP contribution is -2.36. The van der Waals surface area contributed by atoms with Crippen LogP contribution < -0.4 is 5.32 Å². The van der Waals surface area contributed by atoms with Crippen LogP contribution in [-0.2, 0) is 6.54 Å². The Morgan fingerprint density at radius 3 is 2.52 bits per heavy atom. The molecule has 1 aromatic rings. The zero-order valence-electron chi connectivity index (χ0n) is 14.2. The molecule has 1 aliphatic rings. The minimum absolute atomic E-state index is 0.596. The average molecular weight is 292 g/mol. The molecule has 0 radical (unpaired) electrons. The number of nitrogens with zero attached hydrogens (tertiary/aromatic N) is 3. The number of aromatic nitrogens is 2. The second-order valence-electron chi connectivity index (χ2n) is 6.57. The highest BCUT2D eigenvalue weighted by Gasteiger charge is 2.27. The first-order valence-corrected chi connectivity index (χ1v) is 8.65. The molecule has 1 heterocycles. The molecule has 1 saturated carbocycles. The summed E-state index contributed by atoms with van der Waals surface area (Å²) >= 11 is 0. The van der Waals surface area contributed by atoms with Crippen LogP contribution in [0, 0.1) is 11.8 Å². The van der Waals surface area contributed by atoms with Crippen molar-refractivity contribution >= 4 is 5.69 Å². The van der Waals surface area contributed by atoms with Gasteiger partial charge < -0.3 is 10.2 Å². The third kappa shape index (κ3) is 4.47. The van der Waals surface area contributed by atoms with Crippen molar-refractivity contribution in [3.63, 3.8) is 0 Å². The molecule has 0 spiro atoms. The van der Waals surface area contributed by atoms with Crippen molar-refractivity contribution in [2.24, 2.45) is 11.8 Å². The third-order valence-electron chi connectivity index (χ3n) is 5.05. The van der Waals surface area contributed by atoms with Crippen LogP contribution in [-0.4, -0.2) is 40.4 Å². The van der Waals surface area contributed by atoms with Gasteiger partial charge in [-0.25, -0.2) is 0 Å². The van der Waals surface area contributed by atoms with E-state index < -0.39 is 0 Å². The summed E-state index contributed by atoms with van der Waals surface area (Å²) in [5.74, 6) is 1.51. The van der Waals surface area contributed by atoms with Crippen LogP contribution in [0.15, 0.2) is 12.4 Å². The Hall–Kier alpha value is -1.03. The molecule has 0 amide bonds. The maximum Gasteiger partial charge on any atom is 0.0728 e. The van der Waals surface area contributed by atoms with Crippen LogP contribution in [0.5, 0.6) is 0 Å². The number of hydrogen-bond acceptors (Lipinski definition) is 3. The zero-order chi connectivity index (χ0) is 15.2. The van der Waals surface area contributed by atoms with E-state index in [0.717, 1.165) is 38.0 Å². The fourth-order valence-corrected chi connectivity index (χ4v) is 3.50. The molecule has 1 fully saturated rings. The Morgan fingerprint density at radius 2 is 1.90 bits per heavy atom. The lowest BCUT2D eigenvalue weighted by atomic mass is 9.78. The average Bonchev–Trinajstić information content (AvgIpc) is 2.92. The second-order valence-corrected chi connectivity index (χ2v) is 6.57. The first kappa shape index (κ1) is 16.3. The maximum absolute atomic E-state index is 4.50. The molecule has 2 atom stereocenters. The Kier molecular flexibility index (Phi) is 6.09. The number of nitrogens with one attached hydrogen (secondary N) is 1. The highest BCUT2D eigenvalue weighted by atomic mass is 15.3.